The molecule has 0 atom stereocenters. The molecule has 0 aromatic heterocycles. The first kappa shape index (κ1) is 27.3. The van der Waals surface area contributed by atoms with Crippen LogP contribution in [0, 0.1) is 0 Å². The van der Waals surface area contributed by atoms with Crippen molar-refractivity contribution in [2.75, 3.05) is 13.2 Å². The maximum absolute atomic E-state index is 11.1. The number of amides is 1. The van der Waals surface area contributed by atoms with Gasteiger partial charge in [-0.25, -0.2) is 0 Å². The largest absolute Gasteiger partial charge is 0.396 e. The SMILES string of the molecule is CC.CC.CC.CCCNC(=O)CCCON=C(C)C. The standard InChI is InChI=1S/C10H20N2O2.3C2H6/c1-4-7-11-10(13)6-5-8-14-12-9(2)3;3*1-2/h4-8H2,1-3H3,(H,11,13);3*1-2H3. The second-order valence-electron chi connectivity index (χ2n) is 3.33. The molecule has 0 aliphatic heterocycles. The monoisotopic (exact) mass is 290 g/mol. The highest BCUT2D eigenvalue weighted by atomic mass is 16.6. The number of oxime groups is 1. The van der Waals surface area contributed by atoms with Crippen molar-refractivity contribution in [2.24, 2.45) is 5.16 Å². The molecule has 0 unspecified atom stereocenters. The Morgan fingerprint density at radius 1 is 1.05 bits per heavy atom. The average Bonchev–Trinajstić information content (AvgIpc) is 2.50. The highest BCUT2D eigenvalue weighted by molar-refractivity contribution is 5.78. The Morgan fingerprint density at radius 2 is 1.55 bits per heavy atom. The summed E-state index contributed by atoms with van der Waals surface area (Å²) in [5, 5.41) is 6.57. The molecule has 0 bridgehead atoms. The fraction of sp³-hybridized carbons (Fsp3) is 0.875. The summed E-state index contributed by atoms with van der Waals surface area (Å²) in [7, 11) is 0. The maximum Gasteiger partial charge on any atom is 0.220 e. The number of carbonyl (C=O) groups is 1. The van der Waals surface area contributed by atoms with Crippen molar-refractivity contribution in [2.45, 2.75) is 81.6 Å². The van der Waals surface area contributed by atoms with Crippen LogP contribution >= 0.6 is 0 Å². The summed E-state index contributed by atoms with van der Waals surface area (Å²) in [5.74, 6) is 0.0904. The van der Waals surface area contributed by atoms with Gasteiger partial charge in [-0.1, -0.05) is 53.6 Å². The van der Waals surface area contributed by atoms with E-state index in [1.807, 2.05) is 62.3 Å². The molecule has 0 aromatic carbocycles. The van der Waals surface area contributed by atoms with Crippen LogP contribution in [0.2, 0.25) is 0 Å². The Labute approximate surface area is 127 Å². The van der Waals surface area contributed by atoms with Gasteiger partial charge < -0.3 is 10.2 Å². The fourth-order valence-corrected chi connectivity index (χ4v) is 0.825. The third kappa shape index (κ3) is 36.0. The molecule has 0 saturated heterocycles. The summed E-state index contributed by atoms with van der Waals surface area (Å²) in [6.07, 6.45) is 2.20. The van der Waals surface area contributed by atoms with Crippen LogP contribution in [0.5, 0.6) is 0 Å². The van der Waals surface area contributed by atoms with Crippen molar-refractivity contribution in [1.29, 1.82) is 0 Å². The normalized spacial score (nSPS) is 7.45. The Balaban J connectivity index is -0.000000187. The minimum absolute atomic E-state index is 0.0904. The van der Waals surface area contributed by atoms with Crippen molar-refractivity contribution in [3.63, 3.8) is 0 Å². The molecule has 0 heterocycles. The molecule has 4 heteroatoms. The molecular weight excluding hydrogens is 252 g/mol. The van der Waals surface area contributed by atoms with Gasteiger partial charge in [0.05, 0.1) is 5.71 Å². The lowest BCUT2D eigenvalue weighted by Gasteiger charge is -2.02. The van der Waals surface area contributed by atoms with Crippen molar-refractivity contribution >= 4 is 11.6 Å². The van der Waals surface area contributed by atoms with Crippen LogP contribution in [0.1, 0.15) is 81.6 Å². The second kappa shape index (κ2) is 30.7. The smallest absolute Gasteiger partial charge is 0.220 e. The van der Waals surface area contributed by atoms with Crippen molar-refractivity contribution in [3.05, 3.63) is 0 Å². The summed E-state index contributed by atoms with van der Waals surface area (Å²) < 4.78 is 0. The first-order chi connectivity index (χ1) is 9.66. The molecule has 4 nitrogen and oxygen atoms in total. The Morgan fingerprint density at radius 3 is 1.95 bits per heavy atom. The molecule has 124 valence electrons. The Bertz CT molecular complexity index is 189. The first-order valence-electron chi connectivity index (χ1n) is 8.06. The molecule has 0 aliphatic rings. The van der Waals surface area contributed by atoms with Gasteiger partial charge in [0.25, 0.3) is 0 Å². The molecule has 0 spiro atoms. The van der Waals surface area contributed by atoms with Gasteiger partial charge in [0.2, 0.25) is 5.91 Å². The van der Waals surface area contributed by atoms with Crippen LogP contribution in [0.4, 0.5) is 0 Å². The van der Waals surface area contributed by atoms with E-state index in [0.717, 1.165) is 18.7 Å². The van der Waals surface area contributed by atoms with Gasteiger partial charge in [-0.05, 0) is 26.7 Å². The molecule has 0 radical (unpaired) electrons. The number of nitrogens with one attached hydrogen (secondary N) is 1. The molecule has 0 rings (SSSR count). The fourth-order valence-electron chi connectivity index (χ4n) is 0.825. The Hall–Kier alpha value is -1.06. The van der Waals surface area contributed by atoms with E-state index in [0.29, 0.717) is 19.4 Å². The third-order valence-corrected chi connectivity index (χ3v) is 1.46. The predicted molar refractivity (Wildman–Crippen MR) is 91.3 cm³/mol. The summed E-state index contributed by atoms with van der Waals surface area (Å²) in [6.45, 7) is 19.0. The molecule has 0 aromatic rings. The number of carbonyl (C=O) groups excluding carboxylic acids is 1. The van der Waals surface area contributed by atoms with Crippen molar-refractivity contribution in [3.8, 4) is 0 Å². The van der Waals surface area contributed by atoms with Gasteiger partial charge in [0, 0.05) is 13.0 Å². The molecule has 20 heavy (non-hydrogen) atoms. The van der Waals surface area contributed by atoms with E-state index < -0.39 is 0 Å². The topological polar surface area (TPSA) is 50.7 Å². The van der Waals surface area contributed by atoms with Gasteiger partial charge in [0.15, 0.2) is 0 Å². The summed E-state index contributed by atoms with van der Waals surface area (Å²) in [5.41, 5.74) is 0.889. The van der Waals surface area contributed by atoms with Crippen molar-refractivity contribution < 1.29 is 9.63 Å². The summed E-state index contributed by atoms with van der Waals surface area (Å²) in [4.78, 5) is 16.1. The van der Waals surface area contributed by atoms with Crippen LogP contribution in [-0.2, 0) is 9.63 Å². The summed E-state index contributed by atoms with van der Waals surface area (Å²) >= 11 is 0. The van der Waals surface area contributed by atoms with Crippen LogP contribution in [0.15, 0.2) is 5.16 Å². The van der Waals surface area contributed by atoms with Gasteiger partial charge >= 0.3 is 0 Å². The number of hydrogen-bond acceptors (Lipinski definition) is 3. The lowest BCUT2D eigenvalue weighted by molar-refractivity contribution is -0.121. The predicted octanol–water partition coefficient (Wildman–Crippen LogP) is 4.78. The molecule has 0 aliphatic carbocycles. The molecule has 0 saturated carbocycles. The quantitative estimate of drug-likeness (QED) is 0.416. The zero-order valence-corrected chi connectivity index (χ0v) is 15.3. The highest BCUT2D eigenvalue weighted by Crippen LogP contribution is 1.91. The lowest BCUT2D eigenvalue weighted by atomic mass is 10.3. The van der Waals surface area contributed by atoms with Crippen LogP contribution < -0.4 is 5.32 Å². The number of rotatable bonds is 7. The minimum atomic E-state index is 0.0904. The number of hydrogen-bond donors (Lipinski definition) is 1. The molecular formula is C16H38N2O2. The zero-order valence-electron chi connectivity index (χ0n) is 15.3. The van der Waals surface area contributed by atoms with Crippen LogP contribution in [0.25, 0.3) is 0 Å². The van der Waals surface area contributed by atoms with Crippen molar-refractivity contribution in [1.82, 2.24) is 5.32 Å². The third-order valence-electron chi connectivity index (χ3n) is 1.46. The van der Waals surface area contributed by atoms with Crippen LogP contribution in [0.3, 0.4) is 0 Å². The second-order valence-corrected chi connectivity index (χ2v) is 3.33. The van der Waals surface area contributed by atoms with E-state index in [2.05, 4.69) is 10.5 Å². The molecule has 1 N–H and O–H groups in total. The van der Waals surface area contributed by atoms with E-state index in [4.69, 9.17) is 4.84 Å². The first-order valence-corrected chi connectivity index (χ1v) is 8.06. The van der Waals surface area contributed by atoms with Crippen LogP contribution in [-0.4, -0.2) is 24.8 Å². The Kier molecular flexibility index (Phi) is 42.0. The van der Waals surface area contributed by atoms with Gasteiger partial charge in [-0.15, -0.1) is 0 Å². The minimum Gasteiger partial charge on any atom is -0.396 e. The van der Waals surface area contributed by atoms with E-state index >= 15 is 0 Å². The van der Waals surface area contributed by atoms with Gasteiger partial charge in [0.1, 0.15) is 6.61 Å². The molecule has 1 amide bonds. The zero-order chi connectivity index (χ0) is 16.8. The summed E-state index contributed by atoms with van der Waals surface area (Å²) in [6, 6.07) is 0. The van der Waals surface area contributed by atoms with E-state index in [9.17, 15) is 4.79 Å². The lowest BCUT2D eigenvalue weighted by Crippen LogP contribution is -2.23. The van der Waals surface area contributed by atoms with E-state index in [1.54, 1.807) is 0 Å². The van der Waals surface area contributed by atoms with Gasteiger partial charge in [-0.3, -0.25) is 4.79 Å². The van der Waals surface area contributed by atoms with E-state index in [-0.39, 0.29) is 5.91 Å². The van der Waals surface area contributed by atoms with Gasteiger partial charge in [-0.2, -0.15) is 0 Å². The number of nitrogens with zero attached hydrogens (tertiary/aromatic N) is 1. The average molecular weight is 290 g/mol. The van der Waals surface area contributed by atoms with E-state index in [1.165, 1.54) is 0 Å². The highest BCUT2D eigenvalue weighted by Gasteiger charge is 1.98. The molecule has 0 fully saturated rings. The maximum atomic E-state index is 11.1.